The monoisotopic (exact) mass is 396 g/mol. The van der Waals surface area contributed by atoms with Crippen molar-refractivity contribution >= 4 is 23.8 Å². The molecule has 1 aliphatic rings. The molecule has 0 aromatic heterocycles. The van der Waals surface area contributed by atoms with Crippen molar-refractivity contribution in [1.29, 1.82) is 0 Å². The second kappa shape index (κ2) is 11.3. The van der Waals surface area contributed by atoms with Crippen molar-refractivity contribution in [1.82, 2.24) is 20.9 Å². The fourth-order valence-corrected chi connectivity index (χ4v) is 2.97. The molecule has 28 heavy (non-hydrogen) atoms. The fraction of sp³-hybridized carbons (Fsp3) is 0.684. The Bertz CT molecular complexity index is 613. The van der Waals surface area contributed by atoms with Crippen molar-refractivity contribution in [2.45, 2.75) is 65.1 Å². The van der Waals surface area contributed by atoms with Crippen molar-refractivity contribution < 1.29 is 23.9 Å². The van der Waals surface area contributed by atoms with Crippen molar-refractivity contribution in [3.8, 4) is 0 Å². The highest BCUT2D eigenvalue weighted by Crippen LogP contribution is 2.20. The molecule has 2 unspecified atom stereocenters. The topological polar surface area (TPSA) is 117 Å². The van der Waals surface area contributed by atoms with E-state index < -0.39 is 12.1 Å². The number of esters is 1. The molecule has 0 radical (unpaired) electrons. The number of urea groups is 1. The molecule has 1 fully saturated rings. The van der Waals surface area contributed by atoms with Gasteiger partial charge in [-0.2, -0.15) is 0 Å². The summed E-state index contributed by atoms with van der Waals surface area (Å²) in [5, 5.41) is 8.28. The van der Waals surface area contributed by atoms with Crippen molar-refractivity contribution in [2.24, 2.45) is 0 Å². The van der Waals surface area contributed by atoms with Gasteiger partial charge in [-0.3, -0.25) is 14.4 Å². The molecule has 1 aliphatic heterocycles. The smallest absolute Gasteiger partial charge is 0.315 e. The number of allylic oxidation sites excluding steroid dienone is 1. The Morgan fingerprint density at radius 3 is 2.46 bits per heavy atom. The first-order valence-corrected chi connectivity index (χ1v) is 9.52. The first kappa shape index (κ1) is 23.5. The lowest BCUT2D eigenvalue weighted by Gasteiger charge is -2.27. The lowest BCUT2D eigenvalue weighted by Crippen LogP contribution is -2.56. The lowest BCUT2D eigenvalue weighted by molar-refractivity contribution is -0.140. The van der Waals surface area contributed by atoms with Gasteiger partial charge in [0.1, 0.15) is 6.04 Å². The third-order valence-corrected chi connectivity index (χ3v) is 4.18. The Hall–Kier alpha value is -2.58. The number of likely N-dealkylation sites (tertiary alicyclic amines) is 1. The zero-order valence-electron chi connectivity index (χ0n) is 17.3. The Morgan fingerprint density at radius 2 is 1.89 bits per heavy atom. The minimum atomic E-state index is -0.806. The average molecular weight is 396 g/mol. The molecule has 0 saturated carbocycles. The van der Waals surface area contributed by atoms with Crippen LogP contribution < -0.4 is 16.0 Å². The van der Waals surface area contributed by atoms with Gasteiger partial charge in [0.2, 0.25) is 11.8 Å². The van der Waals surface area contributed by atoms with E-state index >= 15 is 0 Å². The van der Waals surface area contributed by atoms with Crippen LogP contribution in [0.5, 0.6) is 0 Å². The number of ether oxygens (including phenoxy) is 1. The predicted octanol–water partition coefficient (Wildman–Crippen LogP) is 0.699. The molecule has 1 heterocycles. The lowest BCUT2D eigenvalue weighted by atomic mass is 10.1. The maximum atomic E-state index is 12.8. The summed E-state index contributed by atoms with van der Waals surface area (Å²) in [4.78, 5) is 50.0. The van der Waals surface area contributed by atoms with Crippen molar-refractivity contribution in [3.63, 3.8) is 0 Å². The van der Waals surface area contributed by atoms with E-state index in [1.54, 1.807) is 0 Å². The van der Waals surface area contributed by atoms with E-state index in [0.29, 0.717) is 19.4 Å². The maximum absolute atomic E-state index is 12.8. The van der Waals surface area contributed by atoms with E-state index in [9.17, 15) is 19.2 Å². The largest absolute Gasteiger partial charge is 0.469 e. The fourth-order valence-electron chi connectivity index (χ4n) is 2.97. The summed E-state index contributed by atoms with van der Waals surface area (Å²) in [6.45, 7) is 7.94. The summed E-state index contributed by atoms with van der Waals surface area (Å²) < 4.78 is 4.57. The third-order valence-electron chi connectivity index (χ3n) is 4.18. The van der Waals surface area contributed by atoms with Crippen LogP contribution in [0, 0.1) is 0 Å². The van der Waals surface area contributed by atoms with Crippen LogP contribution in [-0.4, -0.2) is 67.0 Å². The normalized spacial score (nSPS) is 18.4. The molecule has 4 amide bonds. The number of carbonyl (C=O) groups is 4. The number of nitrogens with one attached hydrogen (secondary N) is 3. The molecule has 1 rings (SSSR count). The van der Waals surface area contributed by atoms with Crippen LogP contribution in [0.15, 0.2) is 11.6 Å². The molecule has 0 aromatic carbocycles. The van der Waals surface area contributed by atoms with Gasteiger partial charge in [-0.1, -0.05) is 5.57 Å². The molecule has 0 spiro atoms. The van der Waals surface area contributed by atoms with Crippen LogP contribution >= 0.6 is 0 Å². The first-order chi connectivity index (χ1) is 13.1. The Balaban J connectivity index is 2.81. The molecule has 0 aliphatic carbocycles. The zero-order chi connectivity index (χ0) is 21.3. The number of carbonyl (C=O) groups excluding carboxylic acids is 4. The molecule has 0 aromatic rings. The average Bonchev–Trinajstić information content (AvgIpc) is 3.00. The Morgan fingerprint density at radius 1 is 1.21 bits per heavy atom. The van der Waals surface area contributed by atoms with Gasteiger partial charge in [-0.15, -0.1) is 0 Å². The van der Waals surface area contributed by atoms with Crippen LogP contribution in [-0.2, 0) is 19.1 Å². The molecule has 0 bridgehead atoms. The van der Waals surface area contributed by atoms with Crippen LogP contribution in [0.3, 0.4) is 0 Å². The summed E-state index contributed by atoms with van der Waals surface area (Å²) >= 11 is 0. The van der Waals surface area contributed by atoms with Crippen molar-refractivity contribution in [2.75, 3.05) is 20.2 Å². The standard InChI is InChI=1S/C19H32N4O5/c1-12(2)11-15(24)23-10-8-14(22-19(27)21-13(3)4)17(23)18(26)20-9-6-7-16(25)28-5/h11,13-14,17H,6-10H2,1-5H3,(H,20,26)(H2,21,22,27). The van der Waals surface area contributed by atoms with Crippen LogP contribution in [0.4, 0.5) is 4.79 Å². The minimum absolute atomic E-state index is 0.0459. The van der Waals surface area contributed by atoms with Gasteiger partial charge in [0.15, 0.2) is 0 Å². The van der Waals surface area contributed by atoms with Gasteiger partial charge >= 0.3 is 12.0 Å². The van der Waals surface area contributed by atoms with E-state index in [1.807, 2.05) is 27.7 Å². The Labute approximate surface area is 166 Å². The van der Waals surface area contributed by atoms with Gasteiger partial charge < -0.3 is 25.6 Å². The summed E-state index contributed by atoms with van der Waals surface area (Å²) in [6.07, 6.45) is 2.58. The van der Waals surface area contributed by atoms with E-state index in [2.05, 4.69) is 20.7 Å². The van der Waals surface area contributed by atoms with Gasteiger partial charge in [0.05, 0.1) is 13.2 Å². The highest BCUT2D eigenvalue weighted by Gasteiger charge is 2.42. The quantitative estimate of drug-likeness (QED) is 0.317. The highest BCUT2D eigenvalue weighted by atomic mass is 16.5. The number of hydrogen-bond acceptors (Lipinski definition) is 5. The van der Waals surface area contributed by atoms with Gasteiger partial charge in [-0.25, -0.2) is 4.79 Å². The molecule has 158 valence electrons. The molecule has 9 heteroatoms. The number of methoxy groups -OCH3 is 1. The molecule has 3 N–H and O–H groups in total. The summed E-state index contributed by atoms with van der Waals surface area (Å²) in [5.74, 6) is -0.962. The SMILES string of the molecule is COC(=O)CCCNC(=O)C1C(NC(=O)NC(C)C)CCN1C(=O)C=C(C)C. The van der Waals surface area contributed by atoms with Crippen LogP contribution in [0.25, 0.3) is 0 Å². The summed E-state index contributed by atoms with van der Waals surface area (Å²) in [7, 11) is 1.31. The van der Waals surface area contributed by atoms with Gasteiger partial charge in [0.25, 0.3) is 0 Å². The minimum Gasteiger partial charge on any atom is -0.469 e. The molecular formula is C19H32N4O5. The summed E-state index contributed by atoms with van der Waals surface area (Å²) in [5.41, 5.74) is 0.830. The number of rotatable bonds is 8. The van der Waals surface area contributed by atoms with E-state index in [-0.39, 0.29) is 42.8 Å². The number of amides is 4. The van der Waals surface area contributed by atoms with Crippen LogP contribution in [0.2, 0.25) is 0 Å². The molecule has 2 atom stereocenters. The van der Waals surface area contributed by atoms with Gasteiger partial charge in [-0.05, 0) is 40.5 Å². The van der Waals surface area contributed by atoms with Gasteiger partial charge in [0, 0.05) is 31.6 Å². The zero-order valence-corrected chi connectivity index (χ0v) is 17.3. The Kier molecular flexibility index (Phi) is 9.47. The molecule has 9 nitrogen and oxygen atoms in total. The van der Waals surface area contributed by atoms with E-state index in [4.69, 9.17) is 0 Å². The molecule has 1 saturated heterocycles. The second-order valence-electron chi connectivity index (χ2n) is 7.34. The number of hydrogen-bond donors (Lipinski definition) is 3. The first-order valence-electron chi connectivity index (χ1n) is 9.52. The van der Waals surface area contributed by atoms with Crippen LogP contribution in [0.1, 0.15) is 47.0 Å². The van der Waals surface area contributed by atoms with Crippen molar-refractivity contribution in [3.05, 3.63) is 11.6 Å². The molecular weight excluding hydrogens is 364 g/mol. The second-order valence-corrected chi connectivity index (χ2v) is 7.34. The van der Waals surface area contributed by atoms with E-state index in [1.165, 1.54) is 18.1 Å². The third kappa shape index (κ3) is 7.58. The number of nitrogens with zero attached hydrogens (tertiary/aromatic N) is 1. The van der Waals surface area contributed by atoms with E-state index in [0.717, 1.165) is 5.57 Å². The highest BCUT2D eigenvalue weighted by molar-refractivity contribution is 5.94. The summed E-state index contributed by atoms with van der Waals surface area (Å²) in [6, 6.07) is -1.72. The maximum Gasteiger partial charge on any atom is 0.315 e. The predicted molar refractivity (Wildman–Crippen MR) is 104 cm³/mol.